The number of carbonyl (C=O) groups is 1. The standard InChI is InChI=1S/C71H131NO13/c1-3-5-7-9-11-13-15-17-19-21-23-24-25-26-27-28-29-30-31-32-33-34-35-36-37-39-41-43-45-47-49-51-53-55-63(76)72-59(60(75)54-52-50-48-46-44-42-40-38-22-20-18-16-14-12-10-8-6-4-2)58-82-70-68(81)66(79)69(62(57-74)84-70)85-71-67(80)65(78)64(77)61(56-73)83-71/h15,17,21,23,25-26,52,54,59-62,64-71,73-75,77-81H,3-14,16,18-20,22,24,27-51,53,55-58H2,1-2H3,(H,72,76)/b17-15-,23-21-,26-25-,54-52+. The number of aliphatic hydroxyl groups is 8. The molecule has 2 aliphatic heterocycles. The number of amides is 1. The fourth-order valence-corrected chi connectivity index (χ4v) is 11.6. The second-order valence-corrected chi connectivity index (χ2v) is 25.0. The first kappa shape index (κ1) is 79.0. The van der Waals surface area contributed by atoms with Crippen molar-refractivity contribution in [1.29, 1.82) is 0 Å². The number of ether oxygens (including phenoxy) is 4. The van der Waals surface area contributed by atoms with Crippen LogP contribution in [0.15, 0.2) is 48.6 Å². The largest absolute Gasteiger partial charge is 0.394 e. The Labute approximate surface area is 518 Å². The van der Waals surface area contributed by atoms with Crippen molar-refractivity contribution in [3.8, 4) is 0 Å². The highest BCUT2D eigenvalue weighted by Crippen LogP contribution is 2.30. The molecule has 0 aromatic rings. The van der Waals surface area contributed by atoms with Crippen molar-refractivity contribution >= 4 is 5.91 Å². The molecule has 0 aromatic heterocycles. The summed E-state index contributed by atoms with van der Waals surface area (Å²) >= 11 is 0. The number of hydrogen-bond acceptors (Lipinski definition) is 13. The van der Waals surface area contributed by atoms with Crippen LogP contribution in [0.4, 0.5) is 0 Å². The Kier molecular flexibility index (Phi) is 52.1. The van der Waals surface area contributed by atoms with Gasteiger partial charge < -0.3 is 65.1 Å². The molecule has 85 heavy (non-hydrogen) atoms. The topological polar surface area (TPSA) is 228 Å². The summed E-state index contributed by atoms with van der Waals surface area (Å²) in [6, 6.07) is -0.915. The Morgan fingerprint density at radius 1 is 0.424 bits per heavy atom. The molecule has 498 valence electrons. The van der Waals surface area contributed by atoms with Crippen LogP contribution in [0, 0.1) is 0 Å². The molecule has 0 radical (unpaired) electrons. The zero-order valence-corrected chi connectivity index (χ0v) is 54.1. The normalized spacial score (nSPS) is 23.8. The van der Waals surface area contributed by atoms with Gasteiger partial charge in [-0.1, -0.05) is 287 Å². The molecular weight excluding hydrogens is 1070 g/mol. The lowest BCUT2D eigenvalue weighted by Gasteiger charge is -2.46. The third kappa shape index (κ3) is 40.3. The molecule has 2 rings (SSSR count). The third-order valence-electron chi connectivity index (χ3n) is 17.3. The van der Waals surface area contributed by atoms with E-state index in [2.05, 4.69) is 55.6 Å². The number of aliphatic hydroxyl groups excluding tert-OH is 8. The zero-order valence-electron chi connectivity index (χ0n) is 54.1. The molecule has 14 nitrogen and oxygen atoms in total. The van der Waals surface area contributed by atoms with Gasteiger partial charge in [0.15, 0.2) is 12.6 Å². The van der Waals surface area contributed by atoms with E-state index in [1.165, 1.54) is 225 Å². The molecule has 1 amide bonds. The van der Waals surface area contributed by atoms with Crippen molar-refractivity contribution < 1.29 is 64.6 Å². The molecule has 2 fully saturated rings. The Morgan fingerprint density at radius 2 is 0.776 bits per heavy atom. The number of rotatable bonds is 58. The van der Waals surface area contributed by atoms with Crippen molar-refractivity contribution in [2.45, 2.75) is 376 Å². The van der Waals surface area contributed by atoms with Gasteiger partial charge in [-0.2, -0.15) is 0 Å². The van der Waals surface area contributed by atoms with Crippen molar-refractivity contribution in [2.24, 2.45) is 0 Å². The van der Waals surface area contributed by atoms with E-state index in [9.17, 15) is 45.6 Å². The SMILES string of the molecule is CCCCCCC/C=C\C/C=C\C/C=C\CCCCCCCCCCCCCCCCCCCCC(=O)NC(COC1OC(CO)C(OC2OC(CO)C(O)C(O)C2O)C(O)C1O)C(O)/C=C/CCCCCCCCCCCCCCCCCC. The summed E-state index contributed by atoms with van der Waals surface area (Å²) in [6.07, 6.45) is 55.9. The number of nitrogens with one attached hydrogen (secondary N) is 1. The second kappa shape index (κ2) is 56.0. The monoisotopic (exact) mass is 1210 g/mol. The predicted octanol–water partition coefficient (Wildman–Crippen LogP) is 14.3. The van der Waals surface area contributed by atoms with Gasteiger partial charge in [-0.3, -0.25) is 4.79 Å². The molecule has 9 N–H and O–H groups in total. The van der Waals surface area contributed by atoms with Crippen LogP contribution in [-0.4, -0.2) is 140 Å². The highest BCUT2D eigenvalue weighted by Gasteiger charge is 2.51. The first-order valence-corrected chi connectivity index (χ1v) is 35.4. The predicted molar refractivity (Wildman–Crippen MR) is 346 cm³/mol. The minimum atomic E-state index is -1.79. The van der Waals surface area contributed by atoms with Crippen molar-refractivity contribution in [3.05, 3.63) is 48.6 Å². The highest BCUT2D eigenvalue weighted by molar-refractivity contribution is 5.76. The van der Waals surface area contributed by atoms with Gasteiger partial charge in [0.25, 0.3) is 0 Å². The van der Waals surface area contributed by atoms with E-state index in [4.69, 9.17) is 18.9 Å². The van der Waals surface area contributed by atoms with Crippen LogP contribution < -0.4 is 5.32 Å². The smallest absolute Gasteiger partial charge is 0.220 e. The maximum Gasteiger partial charge on any atom is 0.220 e. The molecule has 0 saturated carbocycles. The first-order valence-electron chi connectivity index (χ1n) is 35.4. The van der Waals surface area contributed by atoms with Gasteiger partial charge in [0.05, 0.1) is 32.0 Å². The fraction of sp³-hybridized carbons (Fsp3) is 0.873. The van der Waals surface area contributed by atoms with E-state index in [0.717, 1.165) is 51.4 Å². The maximum atomic E-state index is 13.3. The molecule has 2 aliphatic rings. The summed E-state index contributed by atoms with van der Waals surface area (Å²) in [5.74, 6) is -0.235. The van der Waals surface area contributed by atoms with E-state index in [1.807, 2.05) is 6.08 Å². The summed E-state index contributed by atoms with van der Waals surface area (Å²) in [5, 5.41) is 87.4. The first-order chi connectivity index (χ1) is 41.6. The minimum Gasteiger partial charge on any atom is -0.394 e. The van der Waals surface area contributed by atoms with Gasteiger partial charge in [0.1, 0.15) is 48.8 Å². The summed E-state index contributed by atoms with van der Waals surface area (Å²) in [4.78, 5) is 13.3. The summed E-state index contributed by atoms with van der Waals surface area (Å²) in [6.45, 7) is 2.82. The molecule has 14 heteroatoms. The van der Waals surface area contributed by atoms with Crippen molar-refractivity contribution in [1.82, 2.24) is 5.32 Å². The van der Waals surface area contributed by atoms with Gasteiger partial charge in [-0.05, 0) is 57.8 Å². The molecular formula is C71H131NO13. The van der Waals surface area contributed by atoms with Gasteiger partial charge in [0, 0.05) is 6.42 Å². The Bertz CT molecular complexity index is 1610. The molecule has 0 aliphatic carbocycles. The van der Waals surface area contributed by atoms with Gasteiger partial charge >= 0.3 is 0 Å². The molecule has 0 spiro atoms. The quantitative estimate of drug-likeness (QED) is 0.0204. The summed E-state index contributed by atoms with van der Waals surface area (Å²) < 4.78 is 22.8. The third-order valence-corrected chi connectivity index (χ3v) is 17.3. The maximum absolute atomic E-state index is 13.3. The zero-order chi connectivity index (χ0) is 61.6. The van der Waals surface area contributed by atoms with Crippen molar-refractivity contribution in [2.75, 3.05) is 19.8 Å². The number of hydrogen-bond donors (Lipinski definition) is 9. The average Bonchev–Trinajstić information content (AvgIpc) is 3.29. The fourth-order valence-electron chi connectivity index (χ4n) is 11.6. The second-order valence-electron chi connectivity index (χ2n) is 25.0. The van der Waals surface area contributed by atoms with Crippen LogP contribution in [0.25, 0.3) is 0 Å². The Hall–Kier alpha value is -2.05. The van der Waals surface area contributed by atoms with Gasteiger partial charge in [-0.25, -0.2) is 0 Å². The van der Waals surface area contributed by atoms with Crippen LogP contribution in [0.5, 0.6) is 0 Å². The van der Waals surface area contributed by atoms with Crippen LogP contribution in [-0.2, 0) is 23.7 Å². The van der Waals surface area contributed by atoms with E-state index >= 15 is 0 Å². The van der Waals surface area contributed by atoms with Crippen molar-refractivity contribution in [3.63, 3.8) is 0 Å². The lowest BCUT2D eigenvalue weighted by molar-refractivity contribution is -0.359. The van der Waals surface area contributed by atoms with E-state index in [0.29, 0.717) is 6.42 Å². The van der Waals surface area contributed by atoms with E-state index in [1.54, 1.807) is 6.08 Å². The molecule has 12 unspecified atom stereocenters. The van der Waals surface area contributed by atoms with E-state index in [-0.39, 0.29) is 18.9 Å². The van der Waals surface area contributed by atoms with Crippen LogP contribution in [0.3, 0.4) is 0 Å². The molecule has 0 bridgehead atoms. The summed E-state index contributed by atoms with van der Waals surface area (Å²) in [5.41, 5.74) is 0. The van der Waals surface area contributed by atoms with Crippen LogP contribution in [0.1, 0.15) is 303 Å². The Morgan fingerprint density at radius 3 is 1.19 bits per heavy atom. The Balaban J connectivity index is 1.64. The van der Waals surface area contributed by atoms with Crippen LogP contribution >= 0.6 is 0 Å². The lowest BCUT2D eigenvalue weighted by Crippen LogP contribution is -2.65. The highest BCUT2D eigenvalue weighted by atomic mass is 16.7. The van der Waals surface area contributed by atoms with Gasteiger partial charge in [-0.15, -0.1) is 0 Å². The molecule has 0 aromatic carbocycles. The molecule has 2 saturated heterocycles. The number of unbranched alkanes of at least 4 members (excludes halogenated alkanes) is 39. The van der Waals surface area contributed by atoms with E-state index < -0.39 is 86.8 Å². The lowest BCUT2D eigenvalue weighted by atomic mass is 9.97. The summed E-state index contributed by atoms with van der Waals surface area (Å²) in [7, 11) is 0. The van der Waals surface area contributed by atoms with Gasteiger partial charge in [0.2, 0.25) is 5.91 Å². The number of allylic oxidation sites excluding steroid dienone is 7. The molecule has 12 atom stereocenters. The number of carbonyl (C=O) groups excluding carboxylic acids is 1. The average molecular weight is 1210 g/mol. The minimum absolute atomic E-state index is 0.235. The molecule has 2 heterocycles. The van der Waals surface area contributed by atoms with Crippen LogP contribution in [0.2, 0.25) is 0 Å².